The van der Waals surface area contributed by atoms with Gasteiger partial charge in [0.25, 0.3) is 5.91 Å². The van der Waals surface area contributed by atoms with Crippen LogP contribution >= 0.6 is 11.3 Å². The molecule has 0 fully saturated rings. The molecule has 0 saturated carbocycles. The average Bonchev–Trinajstić information content (AvgIpc) is 3.00. The maximum absolute atomic E-state index is 12.3. The van der Waals surface area contributed by atoms with Crippen LogP contribution in [0.4, 0.5) is 5.69 Å². The minimum Gasteiger partial charge on any atom is -0.342 e. The zero-order chi connectivity index (χ0) is 18.0. The smallest absolute Gasteiger partial charge is 0.261 e. The van der Waals surface area contributed by atoms with Crippen molar-refractivity contribution in [3.05, 3.63) is 50.2 Å². The first kappa shape index (κ1) is 17.7. The van der Waals surface area contributed by atoms with E-state index in [2.05, 4.69) is 10.6 Å². The average molecular weight is 356 g/mol. The molecule has 25 heavy (non-hydrogen) atoms. The topological polar surface area (TPSA) is 58.2 Å². The number of amides is 2. The Hall–Kier alpha value is -2.14. The summed E-state index contributed by atoms with van der Waals surface area (Å²) in [4.78, 5) is 26.6. The largest absolute Gasteiger partial charge is 0.342 e. The van der Waals surface area contributed by atoms with Crippen LogP contribution in [0.2, 0.25) is 0 Å². The van der Waals surface area contributed by atoms with Gasteiger partial charge in [0.1, 0.15) is 0 Å². The molecule has 0 aliphatic heterocycles. The van der Waals surface area contributed by atoms with Gasteiger partial charge in [-0.1, -0.05) is 17.7 Å². The van der Waals surface area contributed by atoms with Gasteiger partial charge in [0.2, 0.25) is 5.91 Å². The van der Waals surface area contributed by atoms with Crippen LogP contribution in [0.25, 0.3) is 0 Å². The highest BCUT2D eigenvalue weighted by atomic mass is 32.1. The lowest BCUT2D eigenvalue weighted by Crippen LogP contribution is -2.32. The minimum atomic E-state index is -0.204. The molecule has 132 valence electrons. The number of carbonyl (C=O) groups is 2. The predicted molar refractivity (Wildman–Crippen MR) is 103 cm³/mol. The van der Waals surface area contributed by atoms with E-state index < -0.39 is 0 Å². The summed E-state index contributed by atoms with van der Waals surface area (Å²) < 4.78 is 0. The Morgan fingerprint density at radius 1 is 1.04 bits per heavy atom. The number of hydrogen-bond acceptors (Lipinski definition) is 3. The molecule has 0 bridgehead atoms. The summed E-state index contributed by atoms with van der Waals surface area (Å²) in [7, 11) is 0. The summed E-state index contributed by atoms with van der Waals surface area (Å²) in [5, 5.41) is 5.65. The van der Waals surface area contributed by atoms with Gasteiger partial charge >= 0.3 is 0 Å². The summed E-state index contributed by atoms with van der Waals surface area (Å²) in [6, 6.07) is 6.06. The highest BCUT2D eigenvalue weighted by molar-refractivity contribution is 7.14. The fourth-order valence-corrected chi connectivity index (χ4v) is 4.58. The van der Waals surface area contributed by atoms with E-state index in [4.69, 9.17) is 0 Å². The monoisotopic (exact) mass is 356 g/mol. The lowest BCUT2D eigenvalue weighted by atomic mass is 9.99. The SMILES string of the molecule is Cc1cc(C)c(NC(=O)CNC(=O)c2cc3c(s2)CCCC3)c(C)c1. The molecule has 2 amide bonds. The summed E-state index contributed by atoms with van der Waals surface area (Å²) in [5.41, 5.74) is 5.36. The molecule has 5 heteroatoms. The van der Waals surface area contributed by atoms with Crippen molar-refractivity contribution >= 4 is 28.8 Å². The molecule has 0 spiro atoms. The van der Waals surface area contributed by atoms with Crippen molar-refractivity contribution < 1.29 is 9.59 Å². The number of thiophene rings is 1. The third kappa shape index (κ3) is 4.10. The Labute approximate surface area is 152 Å². The second kappa shape index (κ2) is 7.40. The Bertz CT molecular complexity index is 777. The molecular weight excluding hydrogens is 332 g/mol. The third-order valence-corrected chi connectivity index (χ3v) is 5.81. The second-order valence-electron chi connectivity index (χ2n) is 6.77. The first-order valence-corrected chi connectivity index (χ1v) is 9.53. The van der Waals surface area contributed by atoms with Crippen molar-refractivity contribution in [1.82, 2.24) is 5.32 Å². The van der Waals surface area contributed by atoms with Gasteiger partial charge in [0.05, 0.1) is 11.4 Å². The van der Waals surface area contributed by atoms with Gasteiger partial charge in [0.15, 0.2) is 0 Å². The second-order valence-corrected chi connectivity index (χ2v) is 7.91. The quantitative estimate of drug-likeness (QED) is 0.872. The first-order chi connectivity index (χ1) is 11.9. The molecule has 1 heterocycles. The minimum absolute atomic E-state index is 0.0197. The molecule has 0 atom stereocenters. The van der Waals surface area contributed by atoms with Crippen molar-refractivity contribution in [1.29, 1.82) is 0 Å². The van der Waals surface area contributed by atoms with Crippen LogP contribution in [0.15, 0.2) is 18.2 Å². The molecular formula is C20H24N2O2S. The van der Waals surface area contributed by atoms with Crippen molar-refractivity contribution in [2.24, 2.45) is 0 Å². The van der Waals surface area contributed by atoms with Gasteiger partial charge in [-0.15, -0.1) is 11.3 Å². The van der Waals surface area contributed by atoms with E-state index in [9.17, 15) is 9.59 Å². The molecule has 0 saturated heterocycles. The number of fused-ring (bicyclic) bond motifs is 1. The number of rotatable bonds is 4. The fraction of sp³-hybridized carbons (Fsp3) is 0.400. The Morgan fingerprint density at radius 2 is 1.72 bits per heavy atom. The lowest BCUT2D eigenvalue weighted by molar-refractivity contribution is -0.115. The standard InChI is InChI=1S/C20H24N2O2S/c1-12-8-13(2)19(14(3)9-12)22-18(23)11-21-20(24)17-10-15-6-4-5-7-16(15)25-17/h8-10H,4-7,11H2,1-3H3,(H,21,24)(H,22,23). The molecule has 3 rings (SSSR count). The van der Waals surface area contributed by atoms with Crippen molar-refractivity contribution in [2.75, 3.05) is 11.9 Å². The van der Waals surface area contributed by atoms with Crippen molar-refractivity contribution in [2.45, 2.75) is 46.5 Å². The molecule has 4 nitrogen and oxygen atoms in total. The summed E-state index contributed by atoms with van der Waals surface area (Å²) >= 11 is 1.56. The highest BCUT2D eigenvalue weighted by Gasteiger charge is 2.18. The maximum Gasteiger partial charge on any atom is 0.261 e. The Kier molecular flexibility index (Phi) is 5.23. The number of aryl methyl sites for hydroxylation is 5. The van der Waals surface area contributed by atoms with Gasteiger partial charge in [-0.2, -0.15) is 0 Å². The van der Waals surface area contributed by atoms with Crippen LogP contribution in [-0.4, -0.2) is 18.4 Å². The van der Waals surface area contributed by atoms with Crippen LogP contribution in [0.3, 0.4) is 0 Å². The van der Waals surface area contributed by atoms with Crippen molar-refractivity contribution in [3.63, 3.8) is 0 Å². The summed E-state index contributed by atoms with van der Waals surface area (Å²) in [5.74, 6) is -0.364. The normalized spacial score (nSPS) is 13.2. The Morgan fingerprint density at radius 3 is 2.40 bits per heavy atom. The molecule has 0 radical (unpaired) electrons. The van der Waals surface area contributed by atoms with E-state index in [1.165, 1.54) is 28.8 Å². The number of carbonyl (C=O) groups excluding carboxylic acids is 2. The number of nitrogens with one attached hydrogen (secondary N) is 2. The van der Waals surface area contributed by atoms with Crippen LogP contribution < -0.4 is 10.6 Å². The van der Waals surface area contributed by atoms with Gasteiger partial charge < -0.3 is 10.6 Å². The lowest BCUT2D eigenvalue weighted by Gasteiger charge is -2.13. The predicted octanol–water partition coefficient (Wildman–Crippen LogP) is 3.92. The summed E-state index contributed by atoms with van der Waals surface area (Å²) in [6.45, 7) is 5.97. The van der Waals surface area contributed by atoms with Crippen LogP contribution in [0.5, 0.6) is 0 Å². The van der Waals surface area contributed by atoms with Gasteiger partial charge in [-0.3, -0.25) is 9.59 Å². The van der Waals surface area contributed by atoms with Gasteiger partial charge in [-0.05, 0) is 69.2 Å². The molecule has 1 aliphatic carbocycles. The van der Waals surface area contributed by atoms with Crippen LogP contribution in [-0.2, 0) is 17.6 Å². The van der Waals surface area contributed by atoms with E-state index in [1.807, 2.05) is 39.0 Å². The van der Waals surface area contributed by atoms with Gasteiger partial charge in [0, 0.05) is 10.6 Å². The van der Waals surface area contributed by atoms with Gasteiger partial charge in [-0.25, -0.2) is 0 Å². The van der Waals surface area contributed by atoms with E-state index in [-0.39, 0.29) is 18.4 Å². The molecule has 1 aromatic heterocycles. The maximum atomic E-state index is 12.3. The fourth-order valence-electron chi connectivity index (χ4n) is 3.41. The zero-order valence-corrected chi connectivity index (χ0v) is 15.8. The third-order valence-electron chi connectivity index (χ3n) is 4.57. The number of hydrogen-bond donors (Lipinski definition) is 2. The van der Waals surface area contributed by atoms with E-state index in [0.29, 0.717) is 4.88 Å². The number of benzene rings is 1. The molecule has 2 aromatic rings. The van der Waals surface area contributed by atoms with Crippen molar-refractivity contribution in [3.8, 4) is 0 Å². The van der Waals surface area contributed by atoms with Crippen LogP contribution in [0, 0.1) is 20.8 Å². The molecule has 1 aromatic carbocycles. The zero-order valence-electron chi connectivity index (χ0n) is 15.0. The first-order valence-electron chi connectivity index (χ1n) is 8.71. The van der Waals surface area contributed by atoms with Crippen LogP contribution in [0.1, 0.15) is 49.6 Å². The Balaban J connectivity index is 1.59. The molecule has 0 unspecified atom stereocenters. The summed E-state index contributed by atoms with van der Waals surface area (Å²) in [6.07, 6.45) is 4.53. The highest BCUT2D eigenvalue weighted by Crippen LogP contribution is 2.29. The van der Waals surface area contributed by atoms with E-state index >= 15 is 0 Å². The molecule has 1 aliphatic rings. The number of anilines is 1. The van der Waals surface area contributed by atoms with E-state index in [1.54, 1.807) is 11.3 Å². The van der Waals surface area contributed by atoms with E-state index in [0.717, 1.165) is 29.7 Å². The molecule has 2 N–H and O–H groups in total.